The second kappa shape index (κ2) is 13.4. The minimum Gasteiger partial charge on any atom is -0.494 e. The lowest BCUT2D eigenvalue weighted by Gasteiger charge is -2.27. The van der Waals surface area contributed by atoms with Gasteiger partial charge in [-0.05, 0) is 44.3 Å². The first kappa shape index (κ1) is 29.7. The average molecular weight is 582 g/mol. The van der Waals surface area contributed by atoms with Gasteiger partial charge in [0.15, 0.2) is 5.82 Å². The monoisotopic (exact) mass is 581 g/mol. The molecule has 1 aromatic carbocycles. The number of hydrogen-bond acceptors (Lipinski definition) is 11. The minimum absolute atomic E-state index is 0.112. The standard InChI is InChI=1S/C28H35N7O5S/c1-9-41(18(3)25(39-7)23-27(40-8)30-17(2)16-29-23)34-28-33-32-26(19-12-10-15-22(31-19)38-6)35(28)24-20(36-4)13-11-14-21(24)37-5/h9-16,18,25H,1-8H3,(H,33,34)/t18-,25-,41?/m1/s1. The molecule has 0 aliphatic carbocycles. The van der Waals surface area contributed by atoms with Gasteiger partial charge in [-0.1, -0.05) is 22.8 Å². The van der Waals surface area contributed by atoms with Crippen molar-refractivity contribution in [3.63, 3.8) is 0 Å². The van der Waals surface area contributed by atoms with Gasteiger partial charge in [0.1, 0.15) is 34.7 Å². The van der Waals surface area contributed by atoms with Crippen LogP contribution >= 0.6 is 10.7 Å². The van der Waals surface area contributed by atoms with Gasteiger partial charge in [-0.25, -0.2) is 9.97 Å². The molecule has 13 heteroatoms. The summed E-state index contributed by atoms with van der Waals surface area (Å²) in [7, 11) is 7.40. The smallest absolute Gasteiger partial charge is 0.239 e. The fourth-order valence-electron chi connectivity index (χ4n) is 4.37. The Morgan fingerprint density at radius 1 is 0.902 bits per heavy atom. The van der Waals surface area contributed by atoms with Crippen LogP contribution in [0.25, 0.3) is 17.2 Å². The average Bonchev–Trinajstić information content (AvgIpc) is 3.43. The van der Waals surface area contributed by atoms with Gasteiger partial charge in [0.2, 0.25) is 17.7 Å². The molecule has 0 fully saturated rings. The molecule has 3 atom stereocenters. The molecule has 0 bridgehead atoms. The summed E-state index contributed by atoms with van der Waals surface area (Å²) in [6, 6.07) is 11.0. The number of benzene rings is 1. The Bertz CT molecular complexity index is 1510. The second-order valence-corrected chi connectivity index (χ2v) is 10.9. The summed E-state index contributed by atoms with van der Waals surface area (Å²) in [5, 5.41) is 11.0. The van der Waals surface area contributed by atoms with Crippen molar-refractivity contribution in [2.75, 3.05) is 40.3 Å². The Morgan fingerprint density at radius 2 is 1.61 bits per heavy atom. The SMILES string of the molecule is C/C=S(/Nc1nnc(-c2cccc(OC)n2)n1-c1c(OC)cccc1OC)[C@H](C)[C@@H](OC)c1ncc(C)nc1OC. The van der Waals surface area contributed by atoms with Gasteiger partial charge in [0.05, 0.1) is 34.1 Å². The summed E-state index contributed by atoms with van der Waals surface area (Å²) < 4.78 is 33.8. The third kappa shape index (κ3) is 6.10. The highest BCUT2D eigenvalue weighted by Crippen LogP contribution is 2.40. The number of methoxy groups -OCH3 is 5. The van der Waals surface area contributed by atoms with E-state index < -0.39 is 16.8 Å². The van der Waals surface area contributed by atoms with E-state index in [-0.39, 0.29) is 5.25 Å². The third-order valence-electron chi connectivity index (χ3n) is 6.34. The molecule has 0 saturated heterocycles. The lowest BCUT2D eigenvalue weighted by atomic mass is 10.2. The van der Waals surface area contributed by atoms with Crippen molar-refractivity contribution in [3.8, 4) is 40.5 Å². The maximum Gasteiger partial charge on any atom is 0.239 e. The molecule has 3 aromatic heterocycles. The molecule has 0 saturated carbocycles. The third-order valence-corrected chi connectivity index (χ3v) is 8.32. The highest BCUT2D eigenvalue weighted by molar-refractivity contribution is 8.16. The number of para-hydroxylation sites is 1. The second-order valence-electron chi connectivity index (χ2n) is 8.74. The van der Waals surface area contributed by atoms with Crippen LogP contribution in [0.3, 0.4) is 0 Å². The first-order valence-electron chi connectivity index (χ1n) is 12.8. The first-order chi connectivity index (χ1) is 19.9. The predicted octanol–water partition coefficient (Wildman–Crippen LogP) is 4.66. The molecule has 1 N–H and O–H groups in total. The molecule has 1 unspecified atom stereocenters. The first-order valence-corrected chi connectivity index (χ1v) is 14.1. The fraction of sp³-hybridized carbons (Fsp3) is 0.357. The Balaban J connectivity index is 1.84. The molecule has 4 aromatic rings. The van der Waals surface area contributed by atoms with Crippen molar-refractivity contribution >= 4 is 22.0 Å². The van der Waals surface area contributed by atoms with Crippen molar-refractivity contribution in [2.24, 2.45) is 0 Å². The Labute approximate surface area is 242 Å². The molecule has 0 aliphatic rings. The van der Waals surface area contributed by atoms with Crippen LogP contribution in [-0.4, -0.2) is 75.9 Å². The maximum atomic E-state index is 5.95. The number of pyridine rings is 1. The summed E-state index contributed by atoms with van der Waals surface area (Å²) in [5.41, 5.74) is 2.54. The van der Waals surface area contributed by atoms with Gasteiger partial charge in [0, 0.05) is 24.6 Å². The van der Waals surface area contributed by atoms with Crippen LogP contribution in [0.1, 0.15) is 31.3 Å². The highest BCUT2D eigenvalue weighted by Gasteiger charge is 2.29. The van der Waals surface area contributed by atoms with Crippen LogP contribution in [0.4, 0.5) is 5.95 Å². The predicted molar refractivity (Wildman–Crippen MR) is 160 cm³/mol. The van der Waals surface area contributed by atoms with Crippen molar-refractivity contribution in [1.82, 2.24) is 29.7 Å². The van der Waals surface area contributed by atoms with Crippen LogP contribution in [0.15, 0.2) is 42.6 Å². The van der Waals surface area contributed by atoms with E-state index >= 15 is 0 Å². The number of rotatable bonds is 12. The molecule has 218 valence electrons. The van der Waals surface area contributed by atoms with Crippen LogP contribution in [0, 0.1) is 6.92 Å². The minimum atomic E-state index is -0.597. The highest BCUT2D eigenvalue weighted by atomic mass is 32.2. The van der Waals surface area contributed by atoms with Gasteiger partial charge in [0.25, 0.3) is 0 Å². The Morgan fingerprint density at radius 3 is 2.22 bits per heavy atom. The zero-order valence-corrected chi connectivity index (χ0v) is 25.2. The van der Waals surface area contributed by atoms with Crippen molar-refractivity contribution < 1.29 is 23.7 Å². The largest absolute Gasteiger partial charge is 0.494 e. The zero-order chi connectivity index (χ0) is 29.5. The van der Waals surface area contributed by atoms with E-state index in [0.717, 1.165) is 5.69 Å². The van der Waals surface area contributed by atoms with Gasteiger partial charge < -0.3 is 28.4 Å². The molecule has 0 amide bonds. The molecule has 41 heavy (non-hydrogen) atoms. The van der Waals surface area contributed by atoms with E-state index in [1.165, 1.54) is 0 Å². The number of nitrogens with zero attached hydrogens (tertiary/aromatic N) is 6. The van der Waals surface area contributed by atoms with Crippen molar-refractivity contribution in [2.45, 2.75) is 32.1 Å². The van der Waals surface area contributed by atoms with Gasteiger partial charge >= 0.3 is 0 Å². The van der Waals surface area contributed by atoms with Crippen LogP contribution in [-0.2, 0) is 4.74 Å². The van der Waals surface area contributed by atoms with E-state index in [1.807, 2.05) is 48.7 Å². The number of aromatic nitrogens is 6. The van der Waals surface area contributed by atoms with Gasteiger partial charge in [-0.15, -0.1) is 10.2 Å². The maximum absolute atomic E-state index is 5.95. The summed E-state index contributed by atoms with van der Waals surface area (Å²) in [5.74, 6) is 2.94. The molecular formula is C28H35N7O5S. The molecule has 12 nitrogen and oxygen atoms in total. The summed E-state index contributed by atoms with van der Waals surface area (Å²) in [6.07, 6.45) is 1.28. The quantitative estimate of drug-likeness (QED) is 0.235. The molecule has 0 aliphatic heterocycles. The van der Waals surface area contributed by atoms with E-state index in [1.54, 1.807) is 47.8 Å². The van der Waals surface area contributed by atoms with Crippen LogP contribution in [0.5, 0.6) is 23.3 Å². The van der Waals surface area contributed by atoms with Crippen molar-refractivity contribution in [1.29, 1.82) is 0 Å². The van der Waals surface area contributed by atoms with Gasteiger partial charge in [-0.3, -0.25) is 9.55 Å². The molecule has 0 spiro atoms. The normalized spacial score (nSPS) is 13.4. The van der Waals surface area contributed by atoms with E-state index in [9.17, 15) is 0 Å². The van der Waals surface area contributed by atoms with Crippen LogP contribution < -0.4 is 23.7 Å². The summed E-state index contributed by atoms with van der Waals surface area (Å²) >= 11 is 0. The van der Waals surface area contributed by atoms with E-state index in [2.05, 4.69) is 42.2 Å². The fourth-order valence-corrected chi connectivity index (χ4v) is 5.96. The number of anilines is 1. The molecule has 3 heterocycles. The number of nitrogens with one attached hydrogen (secondary N) is 1. The van der Waals surface area contributed by atoms with Crippen molar-refractivity contribution in [3.05, 3.63) is 54.0 Å². The number of ether oxygens (including phenoxy) is 5. The topological polar surface area (TPSA) is 128 Å². The Hall–Kier alpha value is -4.23. The lowest BCUT2D eigenvalue weighted by molar-refractivity contribution is 0.0976. The lowest BCUT2D eigenvalue weighted by Crippen LogP contribution is -2.21. The van der Waals surface area contributed by atoms with Crippen LogP contribution in [0.2, 0.25) is 0 Å². The molecule has 4 rings (SSSR count). The van der Waals surface area contributed by atoms with Gasteiger partial charge in [-0.2, -0.15) is 0 Å². The number of aryl methyl sites for hydroxylation is 1. The summed E-state index contributed by atoms with van der Waals surface area (Å²) in [6.45, 7) is 5.91. The molecular weight excluding hydrogens is 546 g/mol. The summed E-state index contributed by atoms with van der Waals surface area (Å²) in [4.78, 5) is 13.7. The van der Waals surface area contributed by atoms with E-state index in [0.29, 0.717) is 52.1 Å². The van der Waals surface area contributed by atoms with E-state index in [4.69, 9.17) is 23.7 Å². The molecule has 0 radical (unpaired) electrons. The number of hydrogen-bond donors (Lipinski definition) is 1. The zero-order valence-electron chi connectivity index (χ0n) is 24.4. The Kier molecular flexibility index (Phi) is 9.73.